The highest BCUT2D eigenvalue weighted by molar-refractivity contribution is 5.76. The molecule has 1 saturated heterocycles. The molecule has 0 aliphatic carbocycles. The first-order valence-corrected chi connectivity index (χ1v) is 4.79. The number of carbonyl (C=O) groups excluding carboxylic acids is 1. The van der Waals surface area contributed by atoms with Crippen molar-refractivity contribution in [3.8, 4) is 0 Å². The van der Waals surface area contributed by atoms with Crippen molar-refractivity contribution in [2.45, 2.75) is 25.3 Å². The van der Waals surface area contributed by atoms with Gasteiger partial charge in [-0.1, -0.05) is 0 Å². The average molecular weight is 195 g/mol. The molecule has 0 bridgehead atoms. The smallest absolute Gasteiger partial charge is 0.325 e. The fraction of sp³-hybridized carbons (Fsp3) is 0.556. The lowest BCUT2D eigenvalue weighted by Gasteiger charge is -2.13. The summed E-state index contributed by atoms with van der Waals surface area (Å²) in [6.45, 7) is 0.654. The van der Waals surface area contributed by atoms with E-state index in [4.69, 9.17) is 0 Å². The van der Waals surface area contributed by atoms with Crippen molar-refractivity contribution in [1.82, 2.24) is 14.9 Å². The lowest BCUT2D eigenvalue weighted by molar-refractivity contribution is -0.120. The van der Waals surface area contributed by atoms with Crippen molar-refractivity contribution in [3.63, 3.8) is 0 Å². The van der Waals surface area contributed by atoms with Gasteiger partial charge in [0.05, 0.1) is 0 Å². The largest absolute Gasteiger partial charge is 0.356 e. The van der Waals surface area contributed by atoms with Crippen LogP contribution in [0.15, 0.2) is 17.2 Å². The maximum Gasteiger partial charge on any atom is 0.325 e. The van der Waals surface area contributed by atoms with Crippen LogP contribution < -0.4 is 11.0 Å². The maximum atomic E-state index is 11.3. The predicted molar refractivity (Wildman–Crippen MR) is 51.0 cm³/mol. The molecular weight excluding hydrogens is 182 g/mol. The van der Waals surface area contributed by atoms with Gasteiger partial charge in [-0.3, -0.25) is 9.36 Å². The second-order valence-corrected chi connectivity index (χ2v) is 3.50. The first kappa shape index (κ1) is 9.05. The topological polar surface area (TPSA) is 66.9 Å². The van der Waals surface area contributed by atoms with Crippen molar-refractivity contribution >= 4 is 5.91 Å². The molecule has 14 heavy (non-hydrogen) atoms. The van der Waals surface area contributed by atoms with Crippen molar-refractivity contribution in [1.29, 1.82) is 0 Å². The number of nitrogens with zero attached hydrogens (tertiary/aromatic N) is 1. The molecule has 0 spiro atoms. The van der Waals surface area contributed by atoms with Gasteiger partial charge in [0.25, 0.3) is 0 Å². The van der Waals surface area contributed by atoms with Crippen molar-refractivity contribution in [2.24, 2.45) is 0 Å². The van der Waals surface area contributed by atoms with E-state index in [0.29, 0.717) is 13.0 Å². The third-order valence-corrected chi connectivity index (χ3v) is 2.57. The number of hydrogen-bond acceptors (Lipinski definition) is 2. The van der Waals surface area contributed by atoms with Crippen LogP contribution >= 0.6 is 0 Å². The molecule has 2 heterocycles. The van der Waals surface area contributed by atoms with Crippen LogP contribution in [0.4, 0.5) is 0 Å². The molecule has 2 N–H and O–H groups in total. The van der Waals surface area contributed by atoms with E-state index in [1.165, 1.54) is 0 Å². The molecule has 1 unspecified atom stereocenters. The Kier molecular flexibility index (Phi) is 2.39. The Labute approximate surface area is 81.1 Å². The Hall–Kier alpha value is -1.52. The Bertz CT molecular complexity index is 379. The SMILES string of the molecule is O=C1CCC(n2cc[nH]c2=O)CCN1. The maximum absolute atomic E-state index is 11.3. The second-order valence-electron chi connectivity index (χ2n) is 3.50. The number of hydrogen-bond donors (Lipinski definition) is 2. The van der Waals surface area contributed by atoms with E-state index in [-0.39, 0.29) is 17.6 Å². The lowest BCUT2D eigenvalue weighted by Crippen LogP contribution is -2.23. The molecule has 5 heteroatoms. The molecule has 5 nitrogen and oxygen atoms in total. The quantitative estimate of drug-likeness (QED) is 0.663. The number of nitrogens with one attached hydrogen (secondary N) is 2. The van der Waals surface area contributed by atoms with Gasteiger partial charge in [0, 0.05) is 31.4 Å². The Morgan fingerprint density at radius 1 is 1.36 bits per heavy atom. The van der Waals surface area contributed by atoms with Gasteiger partial charge in [-0.25, -0.2) is 4.79 Å². The van der Waals surface area contributed by atoms with Crippen LogP contribution in [-0.4, -0.2) is 22.0 Å². The predicted octanol–water partition coefficient (Wildman–Crippen LogP) is 0.0176. The molecule has 0 radical (unpaired) electrons. The molecule has 1 atom stereocenters. The van der Waals surface area contributed by atoms with Gasteiger partial charge in [0.2, 0.25) is 5.91 Å². The molecule has 1 aromatic rings. The molecule has 2 rings (SSSR count). The monoisotopic (exact) mass is 195 g/mol. The average Bonchev–Trinajstić information content (AvgIpc) is 2.46. The number of H-pyrrole nitrogens is 1. The summed E-state index contributed by atoms with van der Waals surface area (Å²) in [6, 6.07) is 0.146. The van der Waals surface area contributed by atoms with Crippen LogP contribution in [-0.2, 0) is 4.79 Å². The summed E-state index contributed by atoms with van der Waals surface area (Å²) in [4.78, 5) is 25.0. The molecule has 76 valence electrons. The number of carbonyl (C=O) groups is 1. The number of amides is 1. The Morgan fingerprint density at radius 2 is 2.21 bits per heavy atom. The highest BCUT2D eigenvalue weighted by Gasteiger charge is 2.18. The van der Waals surface area contributed by atoms with Crippen molar-refractivity contribution in [2.75, 3.05) is 6.54 Å². The van der Waals surface area contributed by atoms with Crippen LogP contribution in [0.5, 0.6) is 0 Å². The van der Waals surface area contributed by atoms with Gasteiger partial charge < -0.3 is 10.3 Å². The summed E-state index contributed by atoms with van der Waals surface area (Å²) in [6.07, 6.45) is 5.43. The van der Waals surface area contributed by atoms with Gasteiger partial charge >= 0.3 is 5.69 Å². The molecule has 0 aromatic carbocycles. The lowest BCUT2D eigenvalue weighted by atomic mass is 10.1. The summed E-state index contributed by atoms with van der Waals surface area (Å²) in [5.41, 5.74) is -0.0932. The Morgan fingerprint density at radius 3 is 2.93 bits per heavy atom. The Balaban J connectivity index is 2.15. The fourth-order valence-corrected chi connectivity index (χ4v) is 1.81. The first-order valence-electron chi connectivity index (χ1n) is 4.79. The van der Waals surface area contributed by atoms with Crippen LogP contribution in [0.2, 0.25) is 0 Å². The summed E-state index contributed by atoms with van der Waals surface area (Å²) < 4.78 is 1.67. The molecule has 1 fully saturated rings. The van der Waals surface area contributed by atoms with Gasteiger partial charge in [-0.05, 0) is 12.8 Å². The molecule has 1 aliphatic heterocycles. The zero-order valence-electron chi connectivity index (χ0n) is 7.82. The summed E-state index contributed by atoms with van der Waals surface area (Å²) in [5.74, 6) is 0.0797. The van der Waals surface area contributed by atoms with Crippen LogP contribution in [0.3, 0.4) is 0 Å². The van der Waals surface area contributed by atoms with E-state index in [1.807, 2.05) is 0 Å². The van der Waals surface area contributed by atoms with Gasteiger partial charge in [0.15, 0.2) is 0 Å². The van der Waals surface area contributed by atoms with Gasteiger partial charge in [-0.2, -0.15) is 0 Å². The fourth-order valence-electron chi connectivity index (χ4n) is 1.81. The van der Waals surface area contributed by atoms with Crippen LogP contribution in [0, 0.1) is 0 Å². The van der Waals surface area contributed by atoms with Crippen molar-refractivity contribution in [3.05, 3.63) is 22.9 Å². The van der Waals surface area contributed by atoms with E-state index in [0.717, 1.165) is 12.8 Å². The molecule has 1 aliphatic rings. The summed E-state index contributed by atoms with van der Waals surface area (Å²) in [7, 11) is 0. The number of imidazole rings is 1. The normalized spacial score (nSPS) is 22.9. The zero-order valence-corrected chi connectivity index (χ0v) is 7.82. The number of rotatable bonds is 1. The summed E-state index contributed by atoms with van der Waals surface area (Å²) >= 11 is 0. The van der Waals surface area contributed by atoms with E-state index >= 15 is 0 Å². The van der Waals surface area contributed by atoms with Crippen LogP contribution in [0.1, 0.15) is 25.3 Å². The number of aromatic nitrogens is 2. The third-order valence-electron chi connectivity index (χ3n) is 2.57. The van der Waals surface area contributed by atoms with E-state index < -0.39 is 0 Å². The van der Waals surface area contributed by atoms with E-state index in [2.05, 4.69) is 10.3 Å². The minimum atomic E-state index is -0.0932. The number of aromatic amines is 1. The van der Waals surface area contributed by atoms with Crippen LogP contribution in [0.25, 0.3) is 0 Å². The van der Waals surface area contributed by atoms with Gasteiger partial charge in [0.1, 0.15) is 0 Å². The van der Waals surface area contributed by atoms with Crippen molar-refractivity contribution < 1.29 is 4.79 Å². The highest BCUT2D eigenvalue weighted by atomic mass is 16.2. The minimum Gasteiger partial charge on any atom is -0.356 e. The second kappa shape index (κ2) is 3.69. The molecule has 1 amide bonds. The molecular formula is C9H13N3O2. The molecule has 0 saturated carbocycles. The standard InChI is InChI=1S/C9H13N3O2/c13-8-2-1-7(3-4-10-8)12-6-5-11-9(12)14/h5-7H,1-4H2,(H,10,13)(H,11,14). The highest BCUT2D eigenvalue weighted by Crippen LogP contribution is 2.17. The van der Waals surface area contributed by atoms with E-state index in [1.54, 1.807) is 17.0 Å². The summed E-state index contributed by atoms with van der Waals surface area (Å²) in [5, 5.41) is 2.79. The first-order chi connectivity index (χ1) is 6.77. The third kappa shape index (κ3) is 1.71. The van der Waals surface area contributed by atoms with E-state index in [9.17, 15) is 9.59 Å². The minimum absolute atomic E-state index is 0.0797. The van der Waals surface area contributed by atoms with Gasteiger partial charge in [-0.15, -0.1) is 0 Å². The zero-order chi connectivity index (χ0) is 9.97. The molecule has 1 aromatic heterocycles.